The molecule has 1 atom stereocenters. The molecule has 0 fully saturated rings. The number of pyridine rings is 1. The second-order valence-corrected chi connectivity index (χ2v) is 8.85. The fourth-order valence-electron chi connectivity index (χ4n) is 3.49. The van der Waals surface area contributed by atoms with Crippen LogP contribution in [0.1, 0.15) is 45.2 Å². The molecule has 3 rings (SSSR count). The molecule has 172 valence electrons. The van der Waals surface area contributed by atoms with Gasteiger partial charge < -0.3 is 19.4 Å². The number of hydrogen-bond donors (Lipinski definition) is 1. The van der Waals surface area contributed by atoms with Crippen LogP contribution in [0.5, 0.6) is 5.75 Å². The highest BCUT2D eigenvalue weighted by Crippen LogP contribution is 2.35. The number of aromatic nitrogens is 1. The van der Waals surface area contributed by atoms with Crippen molar-refractivity contribution in [3.8, 4) is 16.9 Å². The van der Waals surface area contributed by atoms with Crippen molar-refractivity contribution in [1.82, 2.24) is 4.57 Å². The first-order valence-corrected chi connectivity index (χ1v) is 10.6. The molecule has 0 aliphatic carbocycles. The number of carboxylic acid groups (broad SMARTS) is 1. The van der Waals surface area contributed by atoms with Crippen molar-refractivity contribution in [2.24, 2.45) is 5.16 Å². The van der Waals surface area contributed by atoms with E-state index in [9.17, 15) is 14.7 Å². The Kier molecular flexibility index (Phi) is 7.26. The summed E-state index contributed by atoms with van der Waals surface area (Å²) in [4.78, 5) is 30.1. The Labute approximate surface area is 191 Å². The van der Waals surface area contributed by atoms with Gasteiger partial charge in [-0.1, -0.05) is 22.8 Å². The SMILES string of the molecule is COc1cn(C(CCOC(C)(C)C)C(=O)O)c(=O)cc1-c1cc(Cl)ccc1C1=NOCC1. The summed E-state index contributed by atoms with van der Waals surface area (Å²) >= 11 is 6.24. The molecular weight excluding hydrogens is 436 g/mol. The first kappa shape index (κ1) is 23.8. The van der Waals surface area contributed by atoms with Gasteiger partial charge in [-0.15, -0.1) is 0 Å². The molecule has 0 saturated heterocycles. The molecule has 1 aliphatic heterocycles. The van der Waals surface area contributed by atoms with Gasteiger partial charge in [0.2, 0.25) is 0 Å². The van der Waals surface area contributed by atoms with E-state index in [1.807, 2.05) is 26.8 Å². The second-order valence-electron chi connectivity index (χ2n) is 8.42. The summed E-state index contributed by atoms with van der Waals surface area (Å²) < 4.78 is 12.4. The molecule has 2 heterocycles. The monoisotopic (exact) mass is 462 g/mol. The maximum atomic E-state index is 13.0. The highest BCUT2D eigenvalue weighted by molar-refractivity contribution is 6.31. The van der Waals surface area contributed by atoms with E-state index in [0.29, 0.717) is 34.9 Å². The smallest absolute Gasteiger partial charge is 0.326 e. The van der Waals surface area contributed by atoms with Crippen LogP contribution >= 0.6 is 11.6 Å². The standard InChI is InChI=1S/C23H27ClN2O6/c1-23(2,3)31-9-8-19(22(28)29)26-13-20(30-4)17(12-21(26)27)16-11-14(24)5-6-15(16)18-7-10-32-25-18/h5-6,11-13,19H,7-10H2,1-4H3,(H,28,29). The van der Waals surface area contributed by atoms with Crippen molar-refractivity contribution in [3.63, 3.8) is 0 Å². The number of methoxy groups -OCH3 is 1. The lowest BCUT2D eigenvalue weighted by Gasteiger charge is -2.22. The average molecular weight is 463 g/mol. The maximum Gasteiger partial charge on any atom is 0.326 e. The molecule has 0 spiro atoms. The molecule has 1 aromatic heterocycles. The van der Waals surface area contributed by atoms with Crippen LogP contribution in [0.25, 0.3) is 11.1 Å². The third-order valence-corrected chi connectivity index (χ3v) is 5.23. The molecule has 1 aromatic carbocycles. The van der Waals surface area contributed by atoms with E-state index in [-0.39, 0.29) is 13.0 Å². The predicted molar refractivity (Wildman–Crippen MR) is 122 cm³/mol. The normalized spacial score (nSPS) is 14.6. The van der Waals surface area contributed by atoms with Crippen molar-refractivity contribution in [1.29, 1.82) is 0 Å². The van der Waals surface area contributed by atoms with Crippen LogP contribution in [0.3, 0.4) is 0 Å². The number of halogens is 1. The molecule has 1 N–H and O–H groups in total. The van der Waals surface area contributed by atoms with E-state index < -0.39 is 23.2 Å². The molecule has 32 heavy (non-hydrogen) atoms. The molecule has 0 saturated carbocycles. The fraction of sp³-hybridized carbons (Fsp3) is 0.435. The summed E-state index contributed by atoms with van der Waals surface area (Å²) in [6.07, 6.45) is 2.18. The molecule has 1 unspecified atom stereocenters. The van der Waals surface area contributed by atoms with Crippen molar-refractivity contribution in [2.45, 2.75) is 45.3 Å². The van der Waals surface area contributed by atoms with E-state index in [2.05, 4.69) is 5.16 Å². The van der Waals surface area contributed by atoms with Crippen molar-refractivity contribution in [2.75, 3.05) is 20.3 Å². The van der Waals surface area contributed by atoms with Crippen LogP contribution in [-0.2, 0) is 14.4 Å². The second kappa shape index (κ2) is 9.75. The quantitative estimate of drug-likeness (QED) is 0.633. The Morgan fingerprint density at radius 2 is 2.03 bits per heavy atom. The number of nitrogens with zero attached hydrogens (tertiary/aromatic N) is 2. The first-order valence-electron chi connectivity index (χ1n) is 10.3. The third-order valence-electron chi connectivity index (χ3n) is 5.00. The molecule has 0 amide bonds. The van der Waals surface area contributed by atoms with Crippen LogP contribution in [0.2, 0.25) is 5.02 Å². The molecule has 0 radical (unpaired) electrons. The number of hydrogen-bond acceptors (Lipinski definition) is 6. The lowest BCUT2D eigenvalue weighted by molar-refractivity contribution is -0.142. The highest BCUT2D eigenvalue weighted by Gasteiger charge is 2.25. The number of aliphatic carboxylic acids is 1. The summed E-state index contributed by atoms with van der Waals surface area (Å²) in [6, 6.07) is 5.56. The summed E-state index contributed by atoms with van der Waals surface area (Å²) in [5.74, 6) is -0.782. The van der Waals surface area contributed by atoms with Crippen LogP contribution in [0.4, 0.5) is 0 Å². The Morgan fingerprint density at radius 3 is 2.62 bits per heavy atom. The number of benzene rings is 1. The van der Waals surface area contributed by atoms with Crippen molar-refractivity contribution < 1.29 is 24.2 Å². The zero-order valence-corrected chi connectivity index (χ0v) is 19.3. The van der Waals surface area contributed by atoms with Gasteiger partial charge in [0.1, 0.15) is 18.4 Å². The van der Waals surface area contributed by atoms with Gasteiger partial charge in [0.05, 0.1) is 24.6 Å². The first-order chi connectivity index (χ1) is 15.1. The van der Waals surface area contributed by atoms with Gasteiger partial charge in [-0.05, 0) is 38.5 Å². The Balaban J connectivity index is 2.05. The van der Waals surface area contributed by atoms with Gasteiger partial charge >= 0.3 is 5.97 Å². The molecule has 9 heteroatoms. The topological polar surface area (TPSA) is 99.3 Å². The van der Waals surface area contributed by atoms with Gasteiger partial charge in [0.25, 0.3) is 5.56 Å². The van der Waals surface area contributed by atoms with Gasteiger partial charge in [0, 0.05) is 41.7 Å². The summed E-state index contributed by atoms with van der Waals surface area (Å²) in [6.45, 7) is 6.32. The van der Waals surface area contributed by atoms with Gasteiger partial charge in [-0.2, -0.15) is 0 Å². The Hall–Kier alpha value is -2.84. The largest absolute Gasteiger partial charge is 0.495 e. The van der Waals surface area contributed by atoms with Gasteiger partial charge in [0.15, 0.2) is 0 Å². The highest BCUT2D eigenvalue weighted by atomic mass is 35.5. The number of carboxylic acids is 1. The average Bonchev–Trinajstić information content (AvgIpc) is 3.25. The third kappa shape index (κ3) is 5.49. The van der Waals surface area contributed by atoms with Crippen LogP contribution in [-0.4, -0.2) is 47.3 Å². The number of ether oxygens (including phenoxy) is 2. The lowest BCUT2D eigenvalue weighted by Crippen LogP contribution is -2.31. The zero-order chi connectivity index (χ0) is 23.5. The van der Waals surface area contributed by atoms with E-state index in [1.54, 1.807) is 12.1 Å². The summed E-state index contributed by atoms with van der Waals surface area (Å²) in [5, 5.41) is 14.3. The summed E-state index contributed by atoms with van der Waals surface area (Å²) in [7, 11) is 1.46. The van der Waals surface area contributed by atoms with Gasteiger partial charge in [-0.25, -0.2) is 4.79 Å². The number of rotatable bonds is 8. The van der Waals surface area contributed by atoms with E-state index >= 15 is 0 Å². The minimum atomic E-state index is -1.12. The van der Waals surface area contributed by atoms with E-state index in [1.165, 1.54) is 19.4 Å². The predicted octanol–water partition coefficient (Wildman–Crippen LogP) is 4.13. The van der Waals surface area contributed by atoms with Crippen molar-refractivity contribution in [3.05, 3.63) is 51.4 Å². The van der Waals surface area contributed by atoms with Crippen LogP contribution in [0.15, 0.2) is 40.4 Å². The van der Waals surface area contributed by atoms with Crippen LogP contribution in [0, 0.1) is 0 Å². The zero-order valence-electron chi connectivity index (χ0n) is 18.6. The number of carbonyl (C=O) groups is 1. The maximum absolute atomic E-state index is 13.0. The lowest BCUT2D eigenvalue weighted by atomic mass is 9.95. The molecular formula is C23H27ClN2O6. The number of oxime groups is 1. The molecule has 1 aliphatic rings. The van der Waals surface area contributed by atoms with Crippen LogP contribution < -0.4 is 10.3 Å². The van der Waals surface area contributed by atoms with E-state index in [4.69, 9.17) is 25.9 Å². The molecule has 0 bridgehead atoms. The Morgan fingerprint density at radius 1 is 1.28 bits per heavy atom. The molecule has 2 aromatic rings. The van der Waals surface area contributed by atoms with Gasteiger partial charge in [-0.3, -0.25) is 9.36 Å². The molecule has 8 nitrogen and oxygen atoms in total. The minimum Gasteiger partial charge on any atom is -0.495 e. The minimum absolute atomic E-state index is 0.131. The summed E-state index contributed by atoms with van der Waals surface area (Å²) in [5.41, 5.74) is 1.79. The van der Waals surface area contributed by atoms with E-state index in [0.717, 1.165) is 15.8 Å². The fourth-order valence-corrected chi connectivity index (χ4v) is 3.66. The van der Waals surface area contributed by atoms with Crippen molar-refractivity contribution >= 4 is 23.3 Å². The Bertz CT molecular complexity index is 1090.